The largest absolute Gasteiger partial charge is 0.304 e. The lowest BCUT2D eigenvalue weighted by Crippen LogP contribution is -2.21. The predicted molar refractivity (Wildman–Crippen MR) is 78.6 cm³/mol. The van der Waals surface area contributed by atoms with Crippen LogP contribution in [0.3, 0.4) is 0 Å². The second kappa shape index (κ2) is 5.05. The van der Waals surface area contributed by atoms with Crippen LogP contribution < -0.4 is 5.32 Å². The second-order valence-corrected chi connectivity index (χ2v) is 6.13. The lowest BCUT2D eigenvalue weighted by atomic mass is 9.96. The van der Waals surface area contributed by atoms with Crippen LogP contribution in [0.5, 0.6) is 0 Å². The van der Waals surface area contributed by atoms with Gasteiger partial charge >= 0.3 is 0 Å². The molecule has 0 aromatic carbocycles. The number of amides is 1. The average molecular weight is 338 g/mol. The third kappa shape index (κ3) is 2.37. The monoisotopic (exact) mass is 337 g/mol. The van der Waals surface area contributed by atoms with Crippen LogP contribution in [0.15, 0.2) is 16.9 Å². The summed E-state index contributed by atoms with van der Waals surface area (Å²) in [5, 5.41) is 11.3. The highest BCUT2D eigenvalue weighted by Crippen LogP contribution is 2.24. The summed E-state index contributed by atoms with van der Waals surface area (Å²) < 4.78 is 4.35. The Morgan fingerprint density at radius 3 is 3.05 bits per heavy atom. The number of nitrogens with zero attached hydrogens (tertiary/aromatic N) is 4. The number of hydrogen-bond acceptors (Lipinski definition) is 3. The first-order chi connectivity index (χ1) is 9.54. The fraction of sp³-hybridized carbons (Fsp3) is 0.462. The van der Waals surface area contributed by atoms with E-state index >= 15 is 0 Å². The highest BCUT2D eigenvalue weighted by atomic mass is 79.9. The predicted octanol–water partition coefficient (Wildman–Crippen LogP) is 2.21. The summed E-state index contributed by atoms with van der Waals surface area (Å²) in [4.78, 5) is 12.4. The van der Waals surface area contributed by atoms with Crippen molar-refractivity contribution < 1.29 is 4.79 Å². The zero-order valence-electron chi connectivity index (χ0n) is 11.4. The number of rotatable bonds is 2. The molecule has 106 valence electrons. The molecule has 0 saturated carbocycles. The first-order valence-corrected chi connectivity index (χ1v) is 7.39. The SMILES string of the molecule is CC1CCn2ncc(C(=O)Nc3nn(C)cc3Br)c2C1. The van der Waals surface area contributed by atoms with Crippen LogP contribution in [-0.2, 0) is 20.0 Å². The fourth-order valence-electron chi connectivity index (χ4n) is 2.50. The van der Waals surface area contributed by atoms with Gasteiger partial charge in [0.1, 0.15) is 0 Å². The van der Waals surface area contributed by atoms with Crippen molar-refractivity contribution in [1.82, 2.24) is 19.6 Å². The lowest BCUT2D eigenvalue weighted by Gasteiger charge is -2.20. The van der Waals surface area contributed by atoms with Crippen molar-refractivity contribution in [3.63, 3.8) is 0 Å². The van der Waals surface area contributed by atoms with E-state index in [0.717, 1.165) is 29.6 Å². The minimum absolute atomic E-state index is 0.153. The molecular weight excluding hydrogens is 322 g/mol. The van der Waals surface area contributed by atoms with Gasteiger partial charge in [0.2, 0.25) is 0 Å². The Hall–Kier alpha value is -1.63. The van der Waals surface area contributed by atoms with Crippen LogP contribution in [0.25, 0.3) is 0 Å². The standard InChI is InChI=1S/C13H16BrN5O/c1-8-3-4-19-11(5-8)9(6-15-19)13(20)16-12-10(14)7-18(2)17-12/h6-8H,3-5H2,1-2H3,(H,16,17,20). The summed E-state index contributed by atoms with van der Waals surface area (Å²) >= 11 is 3.37. The minimum atomic E-state index is -0.153. The Bertz CT molecular complexity index is 660. The molecule has 0 bridgehead atoms. The van der Waals surface area contributed by atoms with Gasteiger partial charge in [0.15, 0.2) is 5.82 Å². The Labute approximate surface area is 125 Å². The van der Waals surface area contributed by atoms with Crippen LogP contribution in [0.1, 0.15) is 29.4 Å². The van der Waals surface area contributed by atoms with Gasteiger partial charge in [-0.1, -0.05) is 6.92 Å². The molecule has 2 aromatic rings. The Balaban J connectivity index is 1.85. The zero-order chi connectivity index (χ0) is 14.3. The van der Waals surface area contributed by atoms with Gasteiger partial charge in [-0.15, -0.1) is 0 Å². The maximum absolute atomic E-state index is 12.4. The first-order valence-electron chi connectivity index (χ1n) is 6.59. The molecule has 3 rings (SSSR count). The van der Waals surface area contributed by atoms with Gasteiger partial charge in [-0.25, -0.2) is 0 Å². The van der Waals surface area contributed by atoms with Gasteiger partial charge in [0.25, 0.3) is 5.91 Å². The van der Waals surface area contributed by atoms with E-state index in [0.29, 0.717) is 17.3 Å². The van der Waals surface area contributed by atoms with Gasteiger partial charge in [-0.2, -0.15) is 10.2 Å². The molecule has 1 N–H and O–H groups in total. The van der Waals surface area contributed by atoms with E-state index in [1.807, 2.05) is 11.7 Å². The summed E-state index contributed by atoms with van der Waals surface area (Å²) in [5.74, 6) is 0.966. The number of halogens is 1. The van der Waals surface area contributed by atoms with Crippen molar-refractivity contribution in [2.45, 2.75) is 26.3 Å². The second-order valence-electron chi connectivity index (χ2n) is 5.28. The van der Waals surface area contributed by atoms with Gasteiger partial charge < -0.3 is 5.32 Å². The maximum Gasteiger partial charge on any atom is 0.260 e. The van der Waals surface area contributed by atoms with E-state index in [4.69, 9.17) is 0 Å². The third-order valence-corrected chi connectivity index (χ3v) is 4.17. The Kier molecular flexibility index (Phi) is 3.37. The van der Waals surface area contributed by atoms with Gasteiger partial charge in [-0.05, 0) is 34.7 Å². The number of hydrogen-bond donors (Lipinski definition) is 1. The lowest BCUT2D eigenvalue weighted by molar-refractivity contribution is 0.102. The topological polar surface area (TPSA) is 64.7 Å². The molecule has 0 fully saturated rings. The molecule has 1 atom stereocenters. The summed E-state index contributed by atoms with van der Waals surface area (Å²) in [6.45, 7) is 3.09. The smallest absolute Gasteiger partial charge is 0.260 e. The minimum Gasteiger partial charge on any atom is -0.304 e. The molecule has 0 aliphatic carbocycles. The van der Waals surface area contributed by atoms with E-state index in [-0.39, 0.29) is 5.91 Å². The molecule has 0 saturated heterocycles. The van der Waals surface area contributed by atoms with Crippen molar-refractivity contribution in [3.8, 4) is 0 Å². The normalized spacial score (nSPS) is 17.9. The van der Waals surface area contributed by atoms with E-state index in [9.17, 15) is 4.79 Å². The number of anilines is 1. The number of fused-ring (bicyclic) bond motifs is 1. The number of nitrogens with one attached hydrogen (secondary N) is 1. The fourth-order valence-corrected chi connectivity index (χ4v) is 2.98. The quantitative estimate of drug-likeness (QED) is 0.913. The van der Waals surface area contributed by atoms with Gasteiger partial charge in [0, 0.05) is 19.8 Å². The van der Waals surface area contributed by atoms with Crippen molar-refractivity contribution in [1.29, 1.82) is 0 Å². The molecule has 0 spiro atoms. The number of aromatic nitrogens is 4. The molecule has 7 heteroatoms. The average Bonchev–Trinajstić information content (AvgIpc) is 2.93. The number of aryl methyl sites for hydroxylation is 2. The highest BCUT2D eigenvalue weighted by molar-refractivity contribution is 9.10. The van der Waals surface area contributed by atoms with E-state index in [1.54, 1.807) is 17.1 Å². The summed E-state index contributed by atoms with van der Waals surface area (Å²) in [6, 6.07) is 0. The third-order valence-electron chi connectivity index (χ3n) is 3.58. The summed E-state index contributed by atoms with van der Waals surface area (Å²) in [6.07, 6.45) is 5.46. The molecule has 2 aromatic heterocycles. The Morgan fingerprint density at radius 2 is 2.35 bits per heavy atom. The van der Waals surface area contributed by atoms with Crippen LogP contribution in [0.2, 0.25) is 0 Å². The molecule has 6 nitrogen and oxygen atoms in total. The van der Waals surface area contributed by atoms with Crippen LogP contribution >= 0.6 is 15.9 Å². The zero-order valence-corrected chi connectivity index (χ0v) is 13.0. The van der Waals surface area contributed by atoms with Crippen LogP contribution in [-0.4, -0.2) is 25.5 Å². The highest BCUT2D eigenvalue weighted by Gasteiger charge is 2.23. The van der Waals surface area contributed by atoms with E-state index in [2.05, 4.69) is 38.4 Å². The molecule has 1 aliphatic rings. The van der Waals surface area contributed by atoms with Gasteiger partial charge in [-0.3, -0.25) is 14.2 Å². The van der Waals surface area contributed by atoms with Crippen molar-refractivity contribution >= 4 is 27.7 Å². The molecule has 1 amide bonds. The molecule has 0 radical (unpaired) electrons. The summed E-state index contributed by atoms with van der Waals surface area (Å²) in [5.41, 5.74) is 1.67. The number of carbonyl (C=O) groups excluding carboxylic acids is 1. The maximum atomic E-state index is 12.4. The number of carbonyl (C=O) groups is 1. The van der Waals surface area contributed by atoms with Crippen LogP contribution in [0, 0.1) is 5.92 Å². The van der Waals surface area contributed by atoms with E-state index < -0.39 is 0 Å². The van der Waals surface area contributed by atoms with E-state index in [1.165, 1.54) is 0 Å². The molecular formula is C13H16BrN5O. The molecule has 1 unspecified atom stereocenters. The van der Waals surface area contributed by atoms with Crippen molar-refractivity contribution in [2.75, 3.05) is 5.32 Å². The first kappa shape index (κ1) is 13.4. The van der Waals surface area contributed by atoms with Crippen molar-refractivity contribution in [3.05, 3.63) is 28.1 Å². The molecule has 1 aliphatic heterocycles. The molecule has 20 heavy (non-hydrogen) atoms. The van der Waals surface area contributed by atoms with Crippen LogP contribution in [0.4, 0.5) is 5.82 Å². The molecule has 3 heterocycles. The summed E-state index contributed by atoms with van der Waals surface area (Å²) in [7, 11) is 1.81. The van der Waals surface area contributed by atoms with Gasteiger partial charge in [0.05, 0.1) is 21.9 Å². The Morgan fingerprint density at radius 1 is 1.55 bits per heavy atom. The van der Waals surface area contributed by atoms with Crippen molar-refractivity contribution in [2.24, 2.45) is 13.0 Å².